The van der Waals surface area contributed by atoms with Gasteiger partial charge in [-0.05, 0) is 37.5 Å². The topological polar surface area (TPSA) is 121 Å². The molecule has 3 aromatic rings. The molecule has 0 saturated carbocycles. The average Bonchev–Trinajstić information content (AvgIpc) is 3.32. The van der Waals surface area contributed by atoms with Gasteiger partial charge in [-0.25, -0.2) is 13.4 Å². The Bertz CT molecular complexity index is 1500. The molecule has 1 atom stereocenters. The Balaban J connectivity index is 1.38. The molecule has 3 saturated heterocycles. The largest absolute Gasteiger partial charge is 0.378 e. The summed E-state index contributed by atoms with van der Waals surface area (Å²) in [6, 6.07) is 8.46. The van der Waals surface area contributed by atoms with Crippen molar-refractivity contribution in [3.8, 4) is 0 Å². The molecule has 3 aliphatic rings. The Morgan fingerprint density at radius 1 is 1.10 bits per heavy atom. The van der Waals surface area contributed by atoms with Gasteiger partial charge in [0.2, 0.25) is 10.0 Å². The fourth-order valence-corrected chi connectivity index (χ4v) is 6.25. The number of sulfonamides is 1. The number of aromatic nitrogens is 3. The summed E-state index contributed by atoms with van der Waals surface area (Å²) in [4.78, 5) is 23.0. The van der Waals surface area contributed by atoms with Crippen LogP contribution < -0.4 is 14.9 Å². The van der Waals surface area contributed by atoms with Crippen molar-refractivity contribution in [1.82, 2.24) is 24.8 Å². The predicted octanol–water partition coefficient (Wildman–Crippen LogP) is 2.65. The van der Waals surface area contributed by atoms with Crippen molar-refractivity contribution in [2.75, 3.05) is 61.8 Å². The third kappa shape index (κ3) is 5.43. The molecule has 3 aliphatic heterocycles. The van der Waals surface area contributed by atoms with Crippen molar-refractivity contribution in [1.29, 1.82) is 0 Å². The van der Waals surface area contributed by atoms with Crippen molar-refractivity contribution in [3.05, 3.63) is 52.3 Å². The number of ether oxygens (including phenoxy) is 1. The Labute approximate surface area is 232 Å². The van der Waals surface area contributed by atoms with Gasteiger partial charge in [0.1, 0.15) is 5.82 Å². The molecule has 208 valence electrons. The molecule has 11 nitrogen and oxygen atoms in total. The fraction of sp³-hybridized carbons (Fsp3) is 0.500. The minimum atomic E-state index is -3.59. The van der Waals surface area contributed by atoms with Gasteiger partial charge in [-0.2, -0.15) is 9.61 Å². The molecule has 0 bridgehead atoms. The second-order valence-electron chi connectivity index (χ2n) is 10.4. The van der Waals surface area contributed by atoms with Crippen molar-refractivity contribution in [2.45, 2.75) is 31.2 Å². The van der Waals surface area contributed by atoms with Crippen LogP contribution >= 0.6 is 11.6 Å². The molecule has 39 heavy (non-hydrogen) atoms. The maximum absolute atomic E-state index is 13.9. The van der Waals surface area contributed by atoms with Crippen LogP contribution in [0.25, 0.3) is 5.65 Å². The smallest absolute Gasteiger partial charge is 0.256 e. The Hall–Kier alpha value is -2.93. The van der Waals surface area contributed by atoms with E-state index >= 15 is 0 Å². The highest BCUT2D eigenvalue weighted by atomic mass is 35.5. The SMILES string of the molecule is CS(=O)(=O)Nc1ccc(Cl)cc1C(=O)N1CCCC[C@H]1c1cc2nc(C3CNC3)cc(N3CCOCC3)n2n1. The van der Waals surface area contributed by atoms with Gasteiger partial charge in [-0.15, -0.1) is 0 Å². The zero-order chi connectivity index (χ0) is 27.1. The average molecular weight is 574 g/mol. The van der Waals surface area contributed by atoms with E-state index in [9.17, 15) is 13.2 Å². The number of morpholine rings is 1. The van der Waals surface area contributed by atoms with Gasteiger partial charge in [-0.3, -0.25) is 9.52 Å². The van der Waals surface area contributed by atoms with Crippen LogP contribution in [0.3, 0.4) is 0 Å². The number of nitrogens with one attached hydrogen (secondary N) is 2. The molecule has 0 unspecified atom stereocenters. The van der Waals surface area contributed by atoms with E-state index in [2.05, 4.69) is 21.0 Å². The van der Waals surface area contributed by atoms with Crippen LogP contribution in [0.2, 0.25) is 5.02 Å². The second-order valence-corrected chi connectivity index (χ2v) is 12.6. The molecule has 6 rings (SSSR count). The van der Waals surface area contributed by atoms with Crippen molar-refractivity contribution in [2.24, 2.45) is 0 Å². The second kappa shape index (κ2) is 10.6. The molecular weight excluding hydrogens is 542 g/mol. The number of benzene rings is 1. The number of rotatable bonds is 6. The lowest BCUT2D eigenvalue weighted by Crippen LogP contribution is -2.41. The summed E-state index contributed by atoms with van der Waals surface area (Å²) in [5.74, 6) is 1.07. The van der Waals surface area contributed by atoms with E-state index in [1.165, 1.54) is 12.1 Å². The first-order valence-electron chi connectivity index (χ1n) is 13.3. The Morgan fingerprint density at radius 3 is 2.62 bits per heavy atom. The number of piperidine rings is 1. The van der Waals surface area contributed by atoms with Gasteiger partial charge < -0.3 is 19.9 Å². The third-order valence-electron chi connectivity index (χ3n) is 7.59. The Morgan fingerprint density at radius 2 is 1.90 bits per heavy atom. The Kier molecular flexibility index (Phi) is 7.13. The minimum Gasteiger partial charge on any atom is -0.378 e. The number of likely N-dealkylation sites (tertiary alicyclic amines) is 1. The van der Waals surface area contributed by atoms with Gasteiger partial charge in [-0.1, -0.05) is 11.6 Å². The molecule has 1 amide bonds. The van der Waals surface area contributed by atoms with Gasteiger partial charge in [0, 0.05) is 55.8 Å². The standard InChI is InChI=1S/C26H32ClN7O4S/c1-39(36,37)31-20-6-5-18(27)12-19(20)26(35)33-7-3-2-4-23(33)22-13-24-29-21(17-15-28-16-17)14-25(34(24)30-22)32-8-10-38-11-9-32/h5-6,12-14,17,23,28,31H,2-4,7-11,15-16H2,1H3/t23-/m0/s1. The molecule has 3 fully saturated rings. The monoisotopic (exact) mass is 573 g/mol. The molecule has 2 N–H and O–H groups in total. The number of anilines is 2. The zero-order valence-electron chi connectivity index (χ0n) is 21.8. The van der Waals surface area contributed by atoms with Gasteiger partial charge in [0.25, 0.3) is 5.91 Å². The van der Waals surface area contributed by atoms with E-state index < -0.39 is 10.0 Å². The van der Waals surface area contributed by atoms with Crippen LogP contribution in [0.1, 0.15) is 53.0 Å². The molecule has 0 aliphatic carbocycles. The van der Waals surface area contributed by atoms with Gasteiger partial charge >= 0.3 is 0 Å². The summed E-state index contributed by atoms with van der Waals surface area (Å²) in [5, 5.41) is 8.69. The first-order chi connectivity index (χ1) is 18.8. The number of halogens is 1. The summed E-state index contributed by atoms with van der Waals surface area (Å²) in [6.07, 6.45) is 3.61. The molecule has 0 spiro atoms. The maximum Gasteiger partial charge on any atom is 0.256 e. The molecular formula is C26H32ClN7O4S. The summed E-state index contributed by atoms with van der Waals surface area (Å²) in [7, 11) is -3.59. The van der Waals surface area contributed by atoms with Crippen LogP contribution in [-0.2, 0) is 14.8 Å². The normalized spacial score (nSPS) is 20.7. The highest BCUT2D eigenvalue weighted by Gasteiger charge is 2.33. The fourth-order valence-electron chi connectivity index (χ4n) is 5.50. The van der Waals surface area contributed by atoms with E-state index in [1.54, 1.807) is 11.0 Å². The third-order valence-corrected chi connectivity index (χ3v) is 8.42. The highest BCUT2D eigenvalue weighted by Crippen LogP contribution is 2.35. The van der Waals surface area contributed by atoms with Crippen LogP contribution in [0.5, 0.6) is 0 Å². The van der Waals surface area contributed by atoms with Crippen LogP contribution in [-0.4, -0.2) is 86.0 Å². The van der Waals surface area contributed by atoms with E-state index in [1.807, 2.05) is 10.6 Å². The van der Waals surface area contributed by atoms with E-state index in [4.69, 9.17) is 26.4 Å². The lowest BCUT2D eigenvalue weighted by atomic mass is 9.97. The molecule has 5 heterocycles. The van der Waals surface area contributed by atoms with Crippen LogP contribution in [0.15, 0.2) is 30.3 Å². The number of nitrogens with zero attached hydrogens (tertiary/aromatic N) is 5. The summed E-state index contributed by atoms with van der Waals surface area (Å²) < 4.78 is 33.9. The molecule has 2 aromatic heterocycles. The number of hydrogen-bond donors (Lipinski definition) is 2. The van der Waals surface area contributed by atoms with Crippen molar-refractivity contribution < 1.29 is 17.9 Å². The summed E-state index contributed by atoms with van der Waals surface area (Å²) in [5.41, 5.74) is 3.00. The first-order valence-corrected chi connectivity index (χ1v) is 15.6. The number of hydrogen-bond acceptors (Lipinski definition) is 8. The lowest BCUT2D eigenvalue weighted by Gasteiger charge is -2.35. The predicted molar refractivity (Wildman–Crippen MR) is 149 cm³/mol. The summed E-state index contributed by atoms with van der Waals surface area (Å²) in [6.45, 7) is 5.21. The van der Waals surface area contributed by atoms with Gasteiger partial charge in [0.15, 0.2) is 5.65 Å². The quantitative estimate of drug-likeness (QED) is 0.462. The highest BCUT2D eigenvalue weighted by molar-refractivity contribution is 7.92. The molecule has 1 aromatic carbocycles. The molecule has 0 radical (unpaired) electrons. The number of carbonyl (C=O) groups is 1. The minimum absolute atomic E-state index is 0.209. The summed E-state index contributed by atoms with van der Waals surface area (Å²) >= 11 is 6.24. The van der Waals surface area contributed by atoms with Crippen LogP contribution in [0.4, 0.5) is 11.5 Å². The van der Waals surface area contributed by atoms with Crippen LogP contribution in [0, 0.1) is 0 Å². The first kappa shape index (κ1) is 26.3. The lowest BCUT2D eigenvalue weighted by molar-refractivity contribution is 0.0607. The van der Waals surface area contributed by atoms with Gasteiger partial charge in [0.05, 0.1) is 48.2 Å². The van der Waals surface area contributed by atoms with E-state index in [-0.39, 0.29) is 23.2 Å². The number of fused-ring (bicyclic) bond motifs is 1. The van der Waals surface area contributed by atoms with Crippen molar-refractivity contribution in [3.63, 3.8) is 0 Å². The van der Waals surface area contributed by atoms with E-state index in [0.717, 1.165) is 74.6 Å². The number of carbonyl (C=O) groups excluding carboxylic acids is 1. The molecule has 13 heteroatoms. The maximum atomic E-state index is 13.9. The van der Waals surface area contributed by atoms with E-state index in [0.29, 0.717) is 30.7 Å². The number of amides is 1. The zero-order valence-corrected chi connectivity index (χ0v) is 23.3. The van der Waals surface area contributed by atoms with Crippen molar-refractivity contribution >= 4 is 44.7 Å².